The largest absolute Gasteiger partial charge is 0.456 e. The van der Waals surface area contributed by atoms with Crippen molar-refractivity contribution in [3.63, 3.8) is 0 Å². The molecule has 24 heavy (non-hydrogen) atoms. The molecule has 0 bridgehead atoms. The van der Waals surface area contributed by atoms with Crippen molar-refractivity contribution in [2.45, 2.75) is 12.8 Å². The first-order valence-electron chi connectivity index (χ1n) is 6.80. The standard InChI is InChI=1S/C15H12Cl2N2O4S/c16-12-5-4-11(24-12)10(20)3-6-14(22)23-8-13(21)19-9-2-1-7-18-15(9)17/h1-2,4-5,7H,3,6,8H2,(H,19,21). The minimum atomic E-state index is -0.640. The molecule has 0 aliphatic rings. The lowest BCUT2D eigenvalue weighted by atomic mass is 10.2. The Balaban J connectivity index is 1.72. The normalized spacial score (nSPS) is 10.2. The van der Waals surface area contributed by atoms with Gasteiger partial charge in [0.15, 0.2) is 17.5 Å². The number of halogens is 2. The van der Waals surface area contributed by atoms with Crippen LogP contribution >= 0.6 is 34.5 Å². The summed E-state index contributed by atoms with van der Waals surface area (Å²) in [7, 11) is 0. The SMILES string of the molecule is O=C(COC(=O)CCC(=O)c1ccc(Cl)s1)Nc1cccnc1Cl. The fourth-order valence-corrected chi connectivity index (χ4v) is 2.86. The molecule has 2 heterocycles. The summed E-state index contributed by atoms with van der Waals surface area (Å²) in [5.74, 6) is -1.39. The maximum absolute atomic E-state index is 11.8. The van der Waals surface area contributed by atoms with Gasteiger partial charge in [-0.05, 0) is 24.3 Å². The second-order valence-corrected chi connectivity index (χ2v) is 6.65. The molecule has 0 aliphatic carbocycles. The smallest absolute Gasteiger partial charge is 0.306 e. The highest BCUT2D eigenvalue weighted by Crippen LogP contribution is 2.23. The van der Waals surface area contributed by atoms with Gasteiger partial charge in [0, 0.05) is 12.6 Å². The Morgan fingerprint density at radius 2 is 1.96 bits per heavy atom. The minimum absolute atomic E-state index is 0.00821. The number of esters is 1. The van der Waals surface area contributed by atoms with E-state index in [-0.39, 0.29) is 23.8 Å². The lowest BCUT2D eigenvalue weighted by Gasteiger charge is -2.07. The number of anilines is 1. The van der Waals surface area contributed by atoms with E-state index >= 15 is 0 Å². The van der Waals surface area contributed by atoms with Gasteiger partial charge in [-0.15, -0.1) is 11.3 Å². The van der Waals surface area contributed by atoms with Crippen LogP contribution in [0.25, 0.3) is 0 Å². The van der Waals surface area contributed by atoms with Gasteiger partial charge >= 0.3 is 5.97 Å². The number of ether oxygens (including phenoxy) is 1. The summed E-state index contributed by atoms with van der Waals surface area (Å²) < 4.78 is 5.32. The first-order valence-corrected chi connectivity index (χ1v) is 8.37. The highest BCUT2D eigenvalue weighted by Gasteiger charge is 2.14. The van der Waals surface area contributed by atoms with Crippen molar-refractivity contribution < 1.29 is 19.1 Å². The Morgan fingerprint density at radius 1 is 1.17 bits per heavy atom. The molecule has 0 fully saturated rings. The maximum atomic E-state index is 11.8. The van der Waals surface area contributed by atoms with Crippen LogP contribution < -0.4 is 5.32 Å². The van der Waals surface area contributed by atoms with Crippen LogP contribution in [-0.2, 0) is 14.3 Å². The molecule has 0 radical (unpaired) electrons. The van der Waals surface area contributed by atoms with Crippen LogP contribution in [0.5, 0.6) is 0 Å². The van der Waals surface area contributed by atoms with E-state index in [9.17, 15) is 14.4 Å². The lowest BCUT2D eigenvalue weighted by molar-refractivity contribution is -0.147. The lowest BCUT2D eigenvalue weighted by Crippen LogP contribution is -2.21. The Hall–Kier alpha value is -1.96. The van der Waals surface area contributed by atoms with Crippen LogP contribution in [0.2, 0.25) is 9.49 Å². The Kier molecular flexibility index (Phi) is 6.72. The fourth-order valence-electron chi connectivity index (χ4n) is 1.69. The molecule has 6 nitrogen and oxygen atoms in total. The van der Waals surface area contributed by atoms with Crippen molar-refractivity contribution in [2.24, 2.45) is 0 Å². The summed E-state index contributed by atoms with van der Waals surface area (Å²) in [5, 5.41) is 2.60. The Morgan fingerprint density at radius 3 is 2.62 bits per heavy atom. The molecule has 2 aromatic rings. The highest BCUT2D eigenvalue weighted by molar-refractivity contribution is 7.18. The average Bonchev–Trinajstić information content (AvgIpc) is 2.99. The van der Waals surface area contributed by atoms with Crippen LogP contribution in [0.1, 0.15) is 22.5 Å². The third kappa shape index (κ3) is 5.59. The van der Waals surface area contributed by atoms with Crippen molar-refractivity contribution in [3.8, 4) is 0 Å². The number of pyridine rings is 1. The van der Waals surface area contributed by atoms with Gasteiger partial charge in [0.05, 0.1) is 21.3 Å². The van der Waals surface area contributed by atoms with Crippen LogP contribution in [0.4, 0.5) is 5.69 Å². The van der Waals surface area contributed by atoms with Gasteiger partial charge < -0.3 is 10.1 Å². The van der Waals surface area contributed by atoms with Crippen LogP contribution in [0, 0.1) is 0 Å². The number of hydrogen-bond acceptors (Lipinski definition) is 6. The molecular weight excluding hydrogens is 375 g/mol. The molecule has 0 saturated heterocycles. The molecule has 0 atom stereocenters. The van der Waals surface area contributed by atoms with Gasteiger partial charge in [0.25, 0.3) is 5.91 Å². The van der Waals surface area contributed by atoms with E-state index < -0.39 is 18.5 Å². The number of amides is 1. The predicted molar refractivity (Wildman–Crippen MR) is 91.7 cm³/mol. The summed E-state index contributed by atoms with van der Waals surface area (Å²) >= 11 is 12.7. The van der Waals surface area contributed by atoms with Gasteiger partial charge in [0.1, 0.15) is 0 Å². The van der Waals surface area contributed by atoms with Gasteiger partial charge in [-0.2, -0.15) is 0 Å². The molecule has 2 aromatic heterocycles. The number of thiophene rings is 1. The Labute approximate surface area is 151 Å². The molecule has 0 unspecified atom stereocenters. The molecule has 1 N–H and O–H groups in total. The summed E-state index contributed by atoms with van der Waals surface area (Å²) in [4.78, 5) is 39.4. The van der Waals surface area contributed by atoms with Crippen LogP contribution in [0.15, 0.2) is 30.5 Å². The monoisotopic (exact) mass is 386 g/mol. The molecule has 2 rings (SSSR count). The minimum Gasteiger partial charge on any atom is -0.456 e. The van der Waals surface area contributed by atoms with Gasteiger partial charge in [0.2, 0.25) is 0 Å². The third-order valence-corrected chi connectivity index (χ3v) is 4.38. The number of hydrogen-bond donors (Lipinski definition) is 1. The summed E-state index contributed by atoms with van der Waals surface area (Å²) in [6, 6.07) is 6.40. The molecular formula is C15H12Cl2N2O4S. The molecule has 0 spiro atoms. The van der Waals surface area contributed by atoms with Gasteiger partial charge in [-0.25, -0.2) is 4.98 Å². The first kappa shape index (κ1) is 18.4. The summed E-state index contributed by atoms with van der Waals surface area (Å²) in [6.07, 6.45) is 1.36. The average molecular weight is 387 g/mol. The van der Waals surface area contributed by atoms with E-state index in [0.717, 1.165) is 11.3 Å². The van der Waals surface area contributed by atoms with E-state index in [1.807, 2.05) is 0 Å². The van der Waals surface area contributed by atoms with Crippen LogP contribution in [-0.4, -0.2) is 29.3 Å². The number of nitrogens with one attached hydrogen (secondary N) is 1. The van der Waals surface area contributed by atoms with Crippen molar-refractivity contribution in [1.82, 2.24) is 4.98 Å². The second kappa shape index (κ2) is 8.77. The van der Waals surface area contributed by atoms with E-state index in [2.05, 4.69) is 10.3 Å². The van der Waals surface area contributed by atoms with Crippen molar-refractivity contribution in [2.75, 3.05) is 11.9 Å². The summed E-state index contributed by atoms with van der Waals surface area (Å²) in [5.41, 5.74) is 0.324. The van der Waals surface area contributed by atoms with Crippen molar-refractivity contribution >= 4 is 57.9 Å². The van der Waals surface area contributed by atoms with E-state index in [4.69, 9.17) is 27.9 Å². The topological polar surface area (TPSA) is 85.4 Å². The molecule has 0 aliphatic heterocycles. The first-order chi connectivity index (χ1) is 11.5. The number of carbonyl (C=O) groups excluding carboxylic acids is 3. The fraction of sp³-hybridized carbons (Fsp3) is 0.200. The molecule has 0 saturated carbocycles. The maximum Gasteiger partial charge on any atom is 0.306 e. The van der Waals surface area contributed by atoms with E-state index in [1.54, 1.807) is 24.3 Å². The highest BCUT2D eigenvalue weighted by atomic mass is 35.5. The summed E-state index contributed by atoms with van der Waals surface area (Å²) in [6.45, 7) is -0.469. The molecule has 126 valence electrons. The number of nitrogens with zero attached hydrogens (tertiary/aromatic N) is 1. The van der Waals surface area contributed by atoms with Crippen molar-refractivity contribution in [3.05, 3.63) is 44.8 Å². The van der Waals surface area contributed by atoms with Gasteiger partial charge in [-0.1, -0.05) is 23.2 Å². The number of aromatic nitrogens is 1. The number of ketones is 1. The number of carbonyl (C=O) groups is 3. The Bertz CT molecular complexity index is 763. The molecule has 0 aromatic carbocycles. The number of rotatable bonds is 7. The van der Waals surface area contributed by atoms with E-state index in [1.165, 1.54) is 6.20 Å². The zero-order valence-electron chi connectivity index (χ0n) is 12.3. The quantitative estimate of drug-likeness (QED) is 0.446. The van der Waals surface area contributed by atoms with Gasteiger partial charge in [-0.3, -0.25) is 14.4 Å². The second-order valence-electron chi connectivity index (χ2n) is 4.58. The van der Waals surface area contributed by atoms with Crippen LogP contribution in [0.3, 0.4) is 0 Å². The number of Topliss-reactive ketones (excluding diaryl/α,β-unsaturated/α-hetero) is 1. The van der Waals surface area contributed by atoms with Crippen molar-refractivity contribution in [1.29, 1.82) is 0 Å². The van der Waals surface area contributed by atoms with E-state index in [0.29, 0.717) is 14.9 Å². The zero-order valence-corrected chi connectivity index (χ0v) is 14.6. The molecule has 1 amide bonds. The molecule has 9 heteroatoms. The predicted octanol–water partition coefficient (Wildman–Crippen LogP) is 3.59. The zero-order chi connectivity index (χ0) is 17.5. The third-order valence-electron chi connectivity index (χ3n) is 2.80.